The third-order valence-corrected chi connectivity index (χ3v) is 3.96. The zero-order chi connectivity index (χ0) is 20.0. The van der Waals surface area contributed by atoms with Gasteiger partial charge in [-0.3, -0.25) is 20.2 Å². The van der Waals surface area contributed by atoms with Crippen LogP contribution in [0.2, 0.25) is 20.6 Å². The van der Waals surface area contributed by atoms with Crippen LogP contribution in [0.4, 0.5) is 11.4 Å². The minimum atomic E-state index is -0.729. The van der Waals surface area contributed by atoms with E-state index in [4.69, 9.17) is 46.4 Å². The molecule has 140 valence electrons. The number of thiol groups is 2. The highest BCUT2D eigenvalue weighted by Gasteiger charge is 2.22. The number of hydrogen-bond acceptors (Lipinski definition) is 10. The summed E-state index contributed by atoms with van der Waals surface area (Å²) < 4.78 is 0. The molecule has 0 saturated carbocycles. The fraction of sp³-hybridized carbons (Fsp3) is 0.200. The first kappa shape index (κ1) is 22.9. The van der Waals surface area contributed by atoms with Crippen LogP contribution in [-0.2, 0) is 11.5 Å². The summed E-state index contributed by atoms with van der Waals surface area (Å²) in [6.45, 7) is 0. The molecule has 10 nitrogen and oxygen atoms in total. The third-order valence-electron chi connectivity index (χ3n) is 2.34. The Hall–Kier alpha value is -1.18. The first-order valence-corrected chi connectivity index (χ1v) is 8.84. The Balaban J connectivity index is 0.000000260. The third kappa shape index (κ3) is 5.93. The molecule has 0 fully saturated rings. The van der Waals surface area contributed by atoms with E-state index in [9.17, 15) is 20.2 Å². The van der Waals surface area contributed by atoms with Crippen LogP contribution in [0.1, 0.15) is 11.6 Å². The molecule has 2 aromatic rings. The van der Waals surface area contributed by atoms with E-state index < -0.39 is 21.2 Å². The Morgan fingerprint density at radius 1 is 0.692 bits per heavy atom. The summed E-state index contributed by atoms with van der Waals surface area (Å²) in [6.07, 6.45) is 0. The molecule has 0 spiro atoms. The van der Waals surface area contributed by atoms with Gasteiger partial charge in [0, 0.05) is 0 Å². The summed E-state index contributed by atoms with van der Waals surface area (Å²) in [4.78, 5) is 33.8. The number of hydrogen-bond donors (Lipinski definition) is 2. The van der Waals surface area contributed by atoms with Gasteiger partial charge in [0.15, 0.2) is 0 Å². The van der Waals surface area contributed by atoms with E-state index in [0.717, 1.165) is 0 Å². The number of nitrogens with zero attached hydrogens (tertiary/aromatic N) is 6. The fourth-order valence-corrected chi connectivity index (χ4v) is 2.73. The van der Waals surface area contributed by atoms with Crippen molar-refractivity contribution in [2.24, 2.45) is 0 Å². The van der Waals surface area contributed by atoms with Crippen LogP contribution >= 0.6 is 71.7 Å². The Labute approximate surface area is 176 Å². The fourth-order valence-electron chi connectivity index (χ4n) is 1.33. The van der Waals surface area contributed by atoms with Gasteiger partial charge in [0.25, 0.3) is 0 Å². The molecule has 0 saturated heterocycles. The first-order valence-electron chi connectivity index (χ1n) is 6.06. The zero-order valence-electron chi connectivity index (χ0n) is 12.1. The van der Waals surface area contributed by atoms with Crippen LogP contribution in [0.25, 0.3) is 0 Å². The standard InChI is InChI=1S/2C5H3Cl2N3O2S/c2*6-4-3(10(11)12)5(7)9-2(1-13)8-4/h2*13H,1H2. The van der Waals surface area contributed by atoms with Crippen LogP contribution in [-0.4, -0.2) is 29.8 Å². The molecule has 0 atom stereocenters. The van der Waals surface area contributed by atoms with Crippen LogP contribution in [0.15, 0.2) is 0 Å². The van der Waals surface area contributed by atoms with Gasteiger partial charge in [-0.2, -0.15) is 25.3 Å². The van der Waals surface area contributed by atoms with Gasteiger partial charge < -0.3 is 0 Å². The maximum Gasteiger partial charge on any atom is 0.343 e. The van der Waals surface area contributed by atoms with Crippen LogP contribution < -0.4 is 0 Å². The number of halogens is 4. The van der Waals surface area contributed by atoms with Crippen molar-refractivity contribution in [2.75, 3.05) is 0 Å². The molecule has 0 aliphatic heterocycles. The van der Waals surface area contributed by atoms with E-state index in [2.05, 4.69) is 45.2 Å². The highest BCUT2D eigenvalue weighted by molar-refractivity contribution is 7.79. The second kappa shape index (κ2) is 10.2. The Morgan fingerprint density at radius 2 is 0.923 bits per heavy atom. The molecule has 0 aliphatic rings. The van der Waals surface area contributed by atoms with E-state index in [1.165, 1.54) is 0 Å². The van der Waals surface area contributed by atoms with E-state index in [-0.39, 0.29) is 43.8 Å². The molecule has 2 heterocycles. The lowest BCUT2D eigenvalue weighted by molar-refractivity contribution is -0.385. The van der Waals surface area contributed by atoms with E-state index in [1.54, 1.807) is 0 Å². The van der Waals surface area contributed by atoms with Crippen LogP contribution in [0, 0.1) is 20.2 Å². The van der Waals surface area contributed by atoms with E-state index >= 15 is 0 Å². The lowest BCUT2D eigenvalue weighted by atomic mass is 10.5. The Kier molecular flexibility index (Phi) is 9.00. The van der Waals surface area contributed by atoms with Gasteiger partial charge in [0.2, 0.25) is 20.6 Å². The van der Waals surface area contributed by atoms with E-state index in [0.29, 0.717) is 0 Å². The Bertz CT molecular complexity index is 743. The molecule has 26 heavy (non-hydrogen) atoms. The van der Waals surface area contributed by atoms with Crippen molar-refractivity contribution >= 4 is 83.0 Å². The molecule has 0 bridgehead atoms. The summed E-state index contributed by atoms with van der Waals surface area (Å²) in [5, 5.41) is 19.7. The summed E-state index contributed by atoms with van der Waals surface area (Å²) in [7, 11) is 0. The smallest absolute Gasteiger partial charge is 0.258 e. The first-order chi connectivity index (χ1) is 12.1. The number of aromatic nitrogens is 4. The van der Waals surface area contributed by atoms with Crippen molar-refractivity contribution < 1.29 is 9.85 Å². The van der Waals surface area contributed by atoms with E-state index in [1.807, 2.05) is 0 Å². The number of nitro groups is 2. The van der Waals surface area contributed by atoms with Crippen LogP contribution in [0.5, 0.6) is 0 Å². The normalized spacial score (nSPS) is 10.1. The second-order valence-electron chi connectivity index (χ2n) is 3.97. The summed E-state index contributed by atoms with van der Waals surface area (Å²) in [5.74, 6) is 0.947. The van der Waals surface area contributed by atoms with Crippen molar-refractivity contribution in [3.8, 4) is 0 Å². The molecular weight excluding hydrogens is 474 g/mol. The topological polar surface area (TPSA) is 138 Å². The van der Waals surface area contributed by atoms with Gasteiger partial charge >= 0.3 is 11.4 Å². The van der Waals surface area contributed by atoms with Crippen molar-refractivity contribution in [3.63, 3.8) is 0 Å². The highest BCUT2D eigenvalue weighted by atomic mass is 35.5. The molecule has 0 N–H and O–H groups in total. The van der Waals surface area contributed by atoms with Crippen LogP contribution in [0.3, 0.4) is 0 Å². The maximum absolute atomic E-state index is 10.4. The van der Waals surface area contributed by atoms with Crippen molar-refractivity contribution in [1.82, 2.24) is 19.9 Å². The lowest BCUT2D eigenvalue weighted by Crippen LogP contribution is -1.99. The van der Waals surface area contributed by atoms with Gasteiger partial charge in [0.05, 0.1) is 21.4 Å². The average molecular weight is 480 g/mol. The van der Waals surface area contributed by atoms with Crippen molar-refractivity contribution in [3.05, 3.63) is 52.5 Å². The molecule has 0 radical (unpaired) electrons. The largest absolute Gasteiger partial charge is 0.343 e. The van der Waals surface area contributed by atoms with Crippen molar-refractivity contribution in [1.29, 1.82) is 0 Å². The monoisotopic (exact) mass is 478 g/mol. The molecule has 0 unspecified atom stereocenters. The molecular formula is C10H6Cl4N6O4S2. The maximum atomic E-state index is 10.4. The molecule has 0 aromatic carbocycles. The highest BCUT2D eigenvalue weighted by Crippen LogP contribution is 2.30. The van der Waals surface area contributed by atoms with Gasteiger partial charge in [-0.1, -0.05) is 46.4 Å². The summed E-state index contributed by atoms with van der Waals surface area (Å²) in [6, 6.07) is 0. The number of rotatable bonds is 4. The summed E-state index contributed by atoms with van der Waals surface area (Å²) in [5.41, 5.74) is -0.956. The minimum absolute atomic E-state index is 0.220. The average Bonchev–Trinajstić information content (AvgIpc) is 2.53. The lowest BCUT2D eigenvalue weighted by Gasteiger charge is -1.98. The molecule has 0 amide bonds. The molecule has 2 rings (SSSR count). The minimum Gasteiger partial charge on any atom is -0.258 e. The molecule has 16 heteroatoms. The zero-order valence-corrected chi connectivity index (χ0v) is 16.9. The van der Waals surface area contributed by atoms with Gasteiger partial charge in [-0.15, -0.1) is 0 Å². The van der Waals surface area contributed by atoms with Crippen molar-refractivity contribution in [2.45, 2.75) is 11.5 Å². The predicted octanol–water partition coefficient (Wildman–Crippen LogP) is 4.24. The quantitative estimate of drug-likeness (QED) is 0.287. The van der Waals surface area contributed by atoms with Gasteiger partial charge in [0.1, 0.15) is 11.6 Å². The SMILES string of the molecule is O=[N+]([O-])c1c(Cl)nc(CS)nc1Cl.O=[N+]([O-])c1c(Cl)nc(CS)nc1Cl. The second-order valence-corrected chi connectivity index (χ2v) is 6.04. The molecule has 2 aromatic heterocycles. The predicted molar refractivity (Wildman–Crippen MR) is 103 cm³/mol. The molecule has 0 aliphatic carbocycles. The van der Waals surface area contributed by atoms with Gasteiger partial charge in [-0.25, -0.2) is 19.9 Å². The summed E-state index contributed by atoms with van der Waals surface area (Å²) >= 11 is 29.7. The Morgan fingerprint density at radius 3 is 1.08 bits per heavy atom. The van der Waals surface area contributed by atoms with Gasteiger partial charge in [-0.05, 0) is 0 Å².